The number of phenols is 1. The van der Waals surface area contributed by atoms with Crippen LogP contribution in [0.1, 0.15) is 24.0 Å². The third-order valence-corrected chi connectivity index (χ3v) is 3.81. The second-order valence-electron chi connectivity index (χ2n) is 5.59. The number of anilines is 1. The van der Waals surface area contributed by atoms with E-state index >= 15 is 0 Å². The van der Waals surface area contributed by atoms with Crippen LogP contribution in [0.25, 0.3) is 0 Å². The van der Waals surface area contributed by atoms with Crippen molar-refractivity contribution in [2.75, 3.05) is 5.32 Å². The van der Waals surface area contributed by atoms with Crippen molar-refractivity contribution in [1.82, 2.24) is 5.43 Å². The summed E-state index contributed by atoms with van der Waals surface area (Å²) >= 11 is 5.79. The van der Waals surface area contributed by atoms with Crippen LogP contribution in [0.3, 0.4) is 0 Å². The SMILES string of the molecule is O=C(CCC(=O)Nc1cc(C(F)(F)F)ccc1Cl)N/N=C\c1ccccc1O. The average Bonchev–Trinajstić information content (AvgIpc) is 2.62. The lowest BCUT2D eigenvalue weighted by atomic mass is 10.2. The number of nitrogens with zero attached hydrogens (tertiary/aromatic N) is 1. The molecule has 0 aliphatic heterocycles. The van der Waals surface area contributed by atoms with E-state index in [9.17, 15) is 27.9 Å². The van der Waals surface area contributed by atoms with Gasteiger partial charge in [-0.3, -0.25) is 9.59 Å². The Morgan fingerprint density at radius 3 is 2.46 bits per heavy atom. The van der Waals surface area contributed by atoms with Gasteiger partial charge in [0.15, 0.2) is 0 Å². The molecule has 2 rings (SSSR count). The maximum atomic E-state index is 12.7. The summed E-state index contributed by atoms with van der Waals surface area (Å²) in [5.74, 6) is -1.28. The van der Waals surface area contributed by atoms with Crippen molar-refractivity contribution in [3.63, 3.8) is 0 Å². The van der Waals surface area contributed by atoms with E-state index < -0.39 is 23.6 Å². The second kappa shape index (κ2) is 9.23. The van der Waals surface area contributed by atoms with Gasteiger partial charge in [0.2, 0.25) is 11.8 Å². The monoisotopic (exact) mass is 413 g/mol. The van der Waals surface area contributed by atoms with E-state index in [0.29, 0.717) is 5.56 Å². The first-order valence-corrected chi connectivity index (χ1v) is 8.31. The van der Waals surface area contributed by atoms with E-state index in [-0.39, 0.29) is 29.3 Å². The van der Waals surface area contributed by atoms with Gasteiger partial charge in [-0.1, -0.05) is 23.7 Å². The summed E-state index contributed by atoms with van der Waals surface area (Å²) in [6, 6.07) is 8.88. The minimum Gasteiger partial charge on any atom is -0.507 e. The molecule has 2 amide bonds. The second-order valence-corrected chi connectivity index (χ2v) is 6.00. The Hall–Kier alpha value is -3.07. The van der Waals surface area contributed by atoms with Crippen molar-refractivity contribution >= 4 is 35.3 Å². The molecule has 0 atom stereocenters. The molecule has 0 saturated heterocycles. The van der Waals surface area contributed by atoms with Crippen molar-refractivity contribution in [3.05, 3.63) is 58.6 Å². The summed E-state index contributed by atoms with van der Waals surface area (Å²) < 4.78 is 38.2. The number of hydrazone groups is 1. The molecule has 10 heteroatoms. The van der Waals surface area contributed by atoms with E-state index in [1.54, 1.807) is 18.2 Å². The zero-order valence-electron chi connectivity index (χ0n) is 14.3. The fourth-order valence-corrected chi connectivity index (χ4v) is 2.23. The van der Waals surface area contributed by atoms with Crippen LogP contribution in [-0.2, 0) is 15.8 Å². The first kappa shape index (κ1) is 21.2. The van der Waals surface area contributed by atoms with Crippen LogP contribution in [0.2, 0.25) is 5.02 Å². The van der Waals surface area contributed by atoms with Crippen molar-refractivity contribution in [3.8, 4) is 5.75 Å². The molecule has 0 unspecified atom stereocenters. The van der Waals surface area contributed by atoms with Gasteiger partial charge >= 0.3 is 6.18 Å². The van der Waals surface area contributed by atoms with E-state index in [0.717, 1.165) is 18.2 Å². The molecular weight excluding hydrogens is 399 g/mol. The molecule has 148 valence electrons. The molecule has 28 heavy (non-hydrogen) atoms. The smallest absolute Gasteiger partial charge is 0.416 e. The molecule has 0 fully saturated rings. The maximum Gasteiger partial charge on any atom is 0.416 e. The Balaban J connectivity index is 1.85. The lowest BCUT2D eigenvalue weighted by Gasteiger charge is -2.11. The summed E-state index contributed by atoms with van der Waals surface area (Å²) in [5, 5.41) is 15.4. The van der Waals surface area contributed by atoms with Gasteiger partial charge in [-0.2, -0.15) is 18.3 Å². The van der Waals surface area contributed by atoms with Crippen LogP contribution in [0, 0.1) is 0 Å². The summed E-state index contributed by atoms with van der Waals surface area (Å²) in [4.78, 5) is 23.6. The third-order valence-electron chi connectivity index (χ3n) is 3.48. The Labute approximate surface area is 163 Å². The predicted molar refractivity (Wildman–Crippen MR) is 98.2 cm³/mol. The molecular formula is C18H15ClF3N3O3. The van der Waals surface area contributed by atoms with Crippen molar-refractivity contribution in [1.29, 1.82) is 0 Å². The largest absolute Gasteiger partial charge is 0.507 e. The van der Waals surface area contributed by atoms with E-state index in [4.69, 9.17) is 11.6 Å². The average molecular weight is 414 g/mol. The number of alkyl halides is 3. The molecule has 2 aromatic carbocycles. The highest BCUT2D eigenvalue weighted by atomic mass is 35.5. The number of para-hydroxylation sites is 1. The van der Waals surface area contributed by atoms with Gasteiger partial charge in [-0.15, -0.1) is 0 Å². The highest BCUT2D eigenvalue weighted by Gasteiger charge is 2.31. The van der Waals surface area contributed by atoms with Crippen molar-refractivity contribution in [2.24, 2.45) is 5.10 Å². The number of aromatic hydroxyl groups is 1. The fourth-order valence-electron chi connectivity index (χ4n) is 2.06. The molecule has 0 aliphatic carbocycles. The first-order chi connectivity index (χ1) is 13.2. The minimum atomic E-state index is -4.57. The van der Waals surface area contributed by atoms with Crippen molar-refractivity contribution in [2.45, 2.75) is 19.0 Å². The number of amides is 2. The molecule has 3 N–H and O–H groups in total. The number of phenolic OH excluding ortho intramolecular Hbond substituents is 1. The van der Waals surface area contributed by atoms with Crippen LogP contribution in [-0.4, -0.2) is 23.1 Å². The number of rotatable bonds is 6. The fraction of sp³-hybridized carbons (Fsp3) is 0.167. The Morgan fingerprint density at radius 2 is 1.79 bits per heavy atom. The van der Waals surface area contributed by atoms with Gasteiger partial charge in [0.25, 0.3) is 0 Å². The number of hydrogen-bond acceptors (Lipinski definition) is 4. The van der Waals surface area contributed by atoms with Crippen molar-refractivity contribution < 1.29 is 27.9 Å². The van der Waals surface area contributed by atoms with E-state index in [1.807, 2.05) is 0 Å². The molecule has 0 aromatic heterocycles. The lowest BCUT2D eigenvalue weighted by Crippen LogP contribution is -2.21. The molecule has 0 heterocycles. The maximum absolute atomic E-state index is 12.7. The molecule has 2 aromatic rings. The Kier molecular flexibility index (Phi) is 7.00. The third kappa shape index (κ3) is 6.27. The number of carbonyl (C=O) groups is 2. The zero-order chi connectivity index (χ0) is 20.7. The van der Waals surface area contributed by atoms with Crippen LogP contribution in [0.4, 0.5) is 18.9 Å². The Bertz CT molecular complexity index is 901. The number of carbonyl (C=O) groups excluding carboxylic acids is 2. The normalized spacial score (nSPS) is 11.4. The number of nitrogens with one attached hydrogen (secondary N) is 2. The van der Waals surface area contributed by atoms with E-state index in [1.165, 1.54) is 12.3 Å². The molecule has 0 bridgehead atoms. The highest BCUT2D eigenvalue weighted by Crippen LogP contribution is 2.33. The van der Waals surface area contributed by atoms with Gasteiger partial charge in [0, 0.05) is 18.4 Å². The number of hydrogen-bond donors (Lipinski definition) is 3. The standard InChI is InChI=1S/C18H15ClF3N3O3/c19-13-6-5-12(18(20,21)22)9-14(13)24-16(27)7-8-17(28)25-23-10-11-3-1-2-4-15(11)26/h1-6,9-10,26H,7-8H2,(H,24,27)(H,25,28)/b23-10-. The van der Waals surface area contributed by atoms with Crippen LogP contribution in [0.5, 0.6) is 5.75 Å². The summed E-state index contributed by atoms with van der Waals surface area (Å²) in [7, 11) is 0. The summed E-state index contributed by atoms with van der Waals surface area (Å²) in [6.07, 6.45) is -3.88. The molecule has 0 spiro atoms. The van der Waals surface area contributed by atoms with Crippen LogP contribution in [0.15, 0.2) is 47.6 Å². The zero-order valence-corrected chi connectivity index (χ0v) is 15.0. The molecule has 0 aliphatic rings. The molecule has 0 radical (unpaired) electrons. The molecule has 6 nitrogen and oxygen atoms in total. The van der Waals surface area contributed by atoms with Gasteiger partial charge in [0.1, 0.15) is 5.75 Å². The van der Waals surface area contributed by atoms with Gasteiger partial charge in [0.05, 0.1) is 22.5 Å². The summed E-state index contributed by atoms with van der Waals surface area (Å²) in [5.41, 5.74) is 1.42. The number of benzene rings is 2. The number of halogens is 4. The highest BCUT2D eigenvalue weighted by molar-refractivity contribution is 6.33. The Morgan fingerprint density at radius 1 is 1.11 bits per heavy atom. The summed E-state index contributed by atoms with van der Waals surface area (Å²) in [6.45, 7) is 0. The first-order valence-electron chi connectivity index (χ1n) is 7.93. The topological polar surface area (TPSA) is 90.8 Å². The van der Waals surface area contributed by atoms with Gasteiger partial charge in [-0.25, -0.2) is 5.43 Å². The van der Waals surface area contributed by atoms with Gasteiger partial charge in [-0.05, 0) is 30.3 Å². The lowest BCUT2D eigenvalue weighted by molar-refractivity contribution is -0.137. The molecule has 0 saturated carbocycles. The van der Waals surface area contributed by atoms with Gasteiger partial charge < -0.3 is 10.4 Å². The van der Waals surface area contributed by atoms with Crippen LogP contribution < -0.4 is 10.7 Å². The minimum absolute atomic E-state index is 0.0159. The quantitative estimate of drug-likeness (QED) is 0.495. The van der Waals surface area contributed by atoms with Crippen LogP contribution >= 0.6 is 11.6 Å². The van der Waals surface area contributed by atoms with E-state index in [2.05, 4.69) is 15.8 Å². The predicted octanol–water partition coefficient (Wildman–Crippen LogP) is 3.93.